The lowest BCUT2D eigenvalue weighted by molar-refractivity contribution is 0.0600. The molecule has 2 aromatic carbocycles. The standard InChI is InChI=1S/C17H17NO3/c1-11-7-8-15(12(2)9-11)18-16(19)13-5-4-6-14(10-13)17(20)21-3/h4-10H,1-3H3,(H,18,19). The molecular weight excluding hydrogens is 266 g/mol. The fraction of sp³-hybridized carbons (Fsp3) is 0.176. The second-order valence-electron chi connectivity index (χ2n) is 4.84. The molecule has 0 spiro atoms. The molecule has 1 amide bonds. The number of hydrogen-bond donors (Lipinski definition) is 1. The van der Waals surface area contributed by atoms with Crippen LogP contribution < -0.4 is 5.32 Å². The highest BCUT2D eigenvalue weighted by Crippen LogP contribution is 2.17. The first-order valence-corrected chi connectivity index (χ1v) is 6.58. The summed E-state index contributed by atoms with van der Waals surface area (Å²) in [6.07, 6.45) is 0. The van der Waals surface area contributed by atoms with Gasteiger partial charge in [0.05, 0.1) is 12.7 Å². The van der Waals surface area contributed by atoms with Gasteiger partial charge in [0, 0.05) is 11.3 Å². The van der Waals surface area contributed by atoms with Crippen molar-refractivity contribution in [1.29, 1.82) is 0 Å². The smallest absolute Gasteiger partial charge is 0.337 e. The van der Waals surface area contributed by atoms with Crippen LogP contribution in [0.5, 0.6) is 0 Å². The fourth-order valence-electron chi connectivity index (χ4n) is 2.05. The minimum Gasteiger partial charge on any atom is -0.465 e. The van der Waals surface area contributed by atoms with Gasteiger partial charge in [-0.05, 0) is 43.7 Å². The molecule has 21 heavy (non-hydrogen) atoms. The molecule has 0 saturated carbocycles. The van der Waals surface area contributed by atoms with E-state index in [0.29, 0.717) is 11.1 Å². The maximum absolute atomic E-state index is 12.3. The number of carbonyl (C=O) groups excluding carboxylic acids is 2. The van der Waals surface area contributed by atoms with E-state index in [0.717, 1.165) is 16.8 Å². The summed E-state index contributed by atoms with van der Waals surface area (Å²) in [6, 6.07) is 12.2. The minimum atomic E-state index is -0.462. The summed E-state index contributed by atoms with van der Waals surface area (Å²) >= 11 is 0. The number of ether oxygens (including phenoxy) is 1. The Morgan fingerprint density at radius 3 is 2.38 bits per heavy atom. The van der Waals surface area contributed by atoms with Crippen LogP contribution in [-0.4, -0.2) is 19.0 Å². The van der Waals surface area contributed by atoms with E-state index in [4.69, 9.17) is 0 Å². The van der Waals surface area contributed by atoms with E-state index < -0.39 is 5.97 Å². The number of esters is 1. The quantitative estimate of drug-likeness (QED) is 0.879. The number of aryl methyl sites for hydroxylation is 2. The third-order valence-electron chi connectivity index (χ3n) is 3.18. The number of methoxy groups -OCH3 is 1. The van der Waals surface area contributed by atoms with Gasteiger partial charge >= 0.3 is 5.97 Å². The Bertz CT molecular complexity index is 692. The summed E-state index contributed by atoms with van der Waals surface area (Å²) in [5.41, 5.74) is 3.66. The molecule has 0 fully saturated rings. The van der Waals surface area contributed by atoms with E-state index in [1.54, 1.807) is 18.2 Å². The summed E-state index contributed by atoms with van der Waals surface area (Å²) in [6.45, 7) is 3.94. The van der Waals surface area contributed by atoms with Gasteiger partial charge < -0.3 is 10.1 Å². The van der Waals surface area contributed by atoms with E-state index >= 15 is 0 Å². The summed E-state index contributed by atoms with van der Waals surface area (Å²) in [4.78, 5) is 23.7. The van der Waals surface area contributed by atoms with Gasteiger partial charge in [-0.25, -0.2) is 4.79 Å². The second kappa shape index (κ2) is 6.22. The summed E-state index contributed by atoms with van der Waals surface area (Å²) in [5, 5.41) is 2.85. The normalized spacial score (nSPS) is 10.0. The van der Waals surface area contributed by atoms with Crippen molar-refractivity contribution in [2.24, 2.45) is 0 Å². The van der Waals surface area contributed by atoms with Crippen LogP contribution in [0.1, 0.15) is 31.8 Å². The van der Waals surface area contributed by atoms with Gasteiger partial charge in [-0.2, -0.15) is 0 Å². The van der Waals surface area contributed by atoms with Crippen LogP contribution in [0.15, 0.2) is 42.5 Å². The van der Waals surface area contributed by atoms with Crippen molar-refractivity contribution >= 4 is 17.6 Å². The predicted molar refractivity (Wildman–Crippen MR) is 81.7 cm³/mol. The molecule has 0 aromatic heterocycles. The summed E-state index contributed by atoms with van der Waals surface area (Å²) in [7, 11) is 1.31. The molecule has 0 radical (unpaired) electrons. The van der Waals surface area contributed by atoms with Crippen LogP contribution in [-0.2, 0) is 4.74 Å². The Morgan fingerprint density at radius 1 is 1.00 bits per heavy atom. The fourth-order valence-corrected chi connectivity index (χ4v) is 2.05. The molecule has 0 saturated heterocycles. The van der Waals surface area contributed by atoms with Crippen LogP contribution >= 0.6 is 0 Å². The van der Waals surface area contributed by atoms with E-state index in [-0.39, 0.29) is 5.91 Å². The highest BCUT2D eigenvalue weighted by atomic mass is 16.5. The van der Waals surface area contributed by atoms with E-state index in [1.165, 1.54) is 13.2 Å². The van der Waals surface area contributed by atoms with Crippen molar-refractivity contribution in [3.63, 3.8) is 0 Å². The largest absolute Gasteiger partial charge is 0.465 e. The van der Waals surface area contributed by atoms with Gasteiger partial charge in [-0.15, -0.1) is 0 Å². The molecule has 2 aromatic rings. The number of rotatable bonds is 3. The molecule has 0 bridgehead atoms. The molecule has 0 aliphatic heterocycles. The van der Waals surface area contributed by atoms with Crippen molar-refractivity contribution in [3.05, 3.63) is 64.7 Å². The molecule has 1 N–H and O–H groups in total. The topological polar surface area (TPSA) is 55.4 Å². The molecule has 0 atom stereocenters. The Balaban J connectivity index is 2.22. The van der Waals surface area contributed by atoms with Gasteiger partial charge in [0.15, 0.2) is 0 Å². The van der Waals surface area contributed by atoms with Gasteiger partial charge in [-0.3, -0.25) is 4.79 Å². The van der Waals surface area contributed by atoms with Crippen molar-refractivity contribution < 1.29 is 14.3 Å². The first kappa shape index (κ1) is 14.8. The lowest BCUT2D eigenvalue weighted by atomic mass is 10.1. The zero-order valence-electron chi connectivity index (χ0n) is 12.3. The Hall–Kier alpha value is -2.62. The zero-order valence-corrected chi connectivity index (χ0v) is 12.3. The molecule has 0 aliphatic carbocycles. The number of anilines is 1. The Morgan fingerprint density at radius 2 is 1.71 bits per heavy atom. The van der Waals surface area contributed by atoms with E-state index in [2.05, 4.69) is 10.1 Å². The average Bonchev–Trinajstić information content (AvgIpc) is 2.49. The molecular formula is C17H17NO3. The van der Waals surface area contributed by atoms with Gasteiger partial charge in [-0.1, -0.05) is 23.8 Å². The highest BCUT2D eigenvalue weighted by molar-refractivity contribution is 6.06. The summed E-state index contributed by atoms with van der Waals surface area (Å²) in [5.74, 6) is -0.719. The predicted octanol–water partition coefficient (Wildman–Crippen LogP) is 3.34. The third kappa shape index (κ3) is 3.48. The SMILES string of the molecule is COC(=O)c1cccc(C(=O)Nc2ccc(C)cc2C)c1. The molecule has 0 aliphatic rings. The highest BCUT2D eigenvalue weighted by Gasteiger charge is 2.11. The van der Waals surface area contributed by atoms with Gasteiger partial charge in [0.25, 0.3) is 5.91 Å². The third-order valence-corrected chi connectivity index (χ3v) is 3.18. The molecule has 4 heteroatoms. The molecule has 0 unspecified atom stereocenters. The average molecular weight is 283 g/mol. The Labute approximate surface area is 123 Å². The molecule has 4 nitrogen and oxygen atoms in total. The zero-order chi connectivity index (χ0) is 15.4. The minimum absolute atomic E-state index is 0.257. The number of hydrogen-bond acceptors (Lipinski definition) is 3. The number of amides is 1. The van der Waals surface area contributed by atoms with Crippen molar-refractivity contribution in [2.45, 2.75) is 13.8 Å². The van der Waals surface area contributed by atoms with Crippen molar-refractivity contribution in [2.75, 3.05) is 12.4 Å². The monoisotopic (exact) mass is 283 g/mol. The van der Waals surface area contributed by atoms with Gasteiger partial charge in [0.2, 0.25) is 0 Å². The van der Waals surface area contributed by atoms with Crippen LogP contribution in [0.3, 0.4) is 0 Å². The number of benzene rings is 2. The maximum atomic E-state index is 12.3. The molecule has 0 heterocycles. The van der Waals surface area contributed by atoms with Crippen LogP contribution in [0.2, 0.25) is 0 Å². The van der Waals surface area contributed by atoms with Crippen LogP contribution in [0.4, 0.5) is 5.69 Å². The van der Waals surface area contributed by atoms with Crippen LogP contribution in [0, 0.1) is 13.8 Å². The molecule has 108 valence electrons. The first-order chi connectivity index (χ1) is 10.0. The second-order valence-corrected chi connectivity index (χ2v) is 4.84. The number of nitrogens with one attached hydrogen (secondary N) is 1. The van der Waals surface area contributed by atoms with Crippen molar-refractivity contribution in [1.82, 2.24) is 0 Å². The molecule has 2 rings (SSSR count). The van der Waals surface area contributed by atoms with Gasteiger partial charge in [0.1, 0.15) is 0 Å². The number of carbonyl (C=O) groups is 2. The van der Waals surface area contributed by atoms with E-state index in [9.17, 15) is 9.59 Å². The van der Waals surface area contributed by atoms with Crippen LogP contribution in [0.25, 0.3) is 0 Å². The van der Waals surface area contributed by atoms with E-state index in [1.807, 2.05) is 32.0 Å². The summed E-state index contributed by atoms with van der Waals surface area (Å²) < 4.78 is 4.65. The maximum Gasteiger partial charge on any atom is 0.337 e. The van der Waals surface area contributed by atoms with Crippen molar-refractivity contribution in [3.8, 4) is 0 Å². The first-order valence-electron chi connectivity index (χ1n) is 6.58. The lowest BCUT2D eigenvalue weighted by Gasteiger charge is -2.09. The Kier molecular flexibility index (Phi) is 4.38. The lowest BCUT2D eigenvalue weighted by Crippen LogP contribution is -2.14.